The summed E-state index contributed by atoms with van der Waals surface area (Å²) in [6, 6.07) is 10.8. The molecule has 26 heavy (non-hydrogen) atoms. The summed E-state index contributed by atoms with van der Waals surface area (Å²) in [5, 5.41) is 9.75. The predicted octanol–water partition coefficient (Wildman–Crippen LogP) is 3.89. The first kappa shape index (κ1) is 16.6. The van der Waals surface area contributed by atoms with E-state index in [1.54, 1.807) is 24.3 Å². The van der Waals surface area contributed by atoms with Crippen LogP contribution < -0.4 is 4.90 Å². The van der Waals surface area contributed by atoms with Gasteiger partial charge in [0.1, 0.15) is 5.52 Å². The van der Waals surface area contributed by atoms with Crippen molar-refractivity contribution >= 4 is 40.3 Å². The van der Waals surface area contributed by atoms with Gasteiger partial charge in [-0.25, -0.2) is 4.98 Å². The molecule has 3 aromatic rings. The molecule has 4 rings (SSSR count). The Hall–Kier alpha value is -2.86. The molecule has 1 atom stereocenters. The highest BCUT2D eigenvalue weighted by Crippen LogP contribution is 2.32. The van der Waals surface area contributed by atoms with Crippen molar-refractivity contribution in [3.63, 3.8) is 0 Å². The number of hydrogen-bond donors (Lipinski definition) is 1. The van der Waals surface area contributed by atoms with Crippen LogP contribution in [0.5, 0.6) is 0 Å². The van der Waals surface area contributed by atoms with Gasteiger partial charge in [-0.15, -0.1) is 0 Å². The molecule has 0 saturated carbocycles. The minimum atomic E-state index is -0.958. The summed E-state index contributed by atoms with van der Waals surface area (Å²) in [6.45, 7) is 2.08. The summed E-state index contributed by atoms with van der Waals surface area (Å²) in [5.41, 5.74) is 3.52. The molecule has 0 unspecified atom stereocenters. The maximum absolute atomic E-state index is 12.1. The summed E-state index contributed by atoms with van der Waals surface area (Å²) in [7, 11) is 0. The van der Waals surface area contributed by atoms with Crippen LogP contribution in [0.4, 0.5) is 5.69 Å². The van der Waals surface area contributed by atoms with E-state index in [-0.39, 0.29) is 18.9 Å². The second kappa shape index (κ2) is 6.14. The summed E-state index contributed by atoms with van der Waals surface area (Å²) in [4.78, 5) is 29.2. The second-order valence-corrected chi connectivity index (χ2v) is 6.79. The van der Waals surface area contributed by atoms with E-state index in [4.69, 9.17) is 21.1 Å². The summed E-state index contributed by atoms with van der Waals surface area (Å²) in [6.07, 6.45) is 0.0108. The molecule has 1 fully saturated rings. The lowest BCUT2D eigenvalue weighted by Gasteiger charge is -2.15. The Morgan fingerprint density at radius 3 is 2.81 bits per heavy atom. The van der Waals surface area contributed by atoms with E-state index in [0.717, 1.165) is 11.1 Å². The van der Waals surface area contributed by atoms with E-state index < -0.39 is 11.9 Å². The number of rotatable bonds is 3. The summed E-state index contributed by atoms with van der Waals surface area (Å²) < 4.78 is 5.83. The Morgan fingerprint density at radius 2 is 2.12 bits per heavy atom. The first-order valence-electron chi connectivity index (χ1n) is 8.12. The number of benzene rings is 2. The molecule has 1 aromatic heterocycles. The number of halogens is 1. The molecule has 132 valence electrons. The molecule has 1 N–H and O–H groups in total. The van der Waals surface area contributed by atoms with Crippen molar-refractivity contribution in [1.82, 2.24) is 4.98 Å². The Balaban J connectivity index is 1.69. The average Bonchev–Trinajstić information content (AvgIpc) is 3.20. The highest BCUT2D eigenvalue weighted by Gasteiger charge is 2.35. The Kier molecular flexibility index (Phi) is 3.92. The minimum Gasteiger partial charge on any atom is -0.481 e. The normalized spacial score (nSPS) is 17.2. The molecular weight excluding hydrogens is 356 g/mol. The first-order valence-corrected chi connectivity index (χ1v) is 8.50. The molecule has 1 aliphatic rings. The number of aryl methyl sites for hydroxylation is 1. The average molecular weight is 371 g/mol. The van der Waals surface area contributed by atoms with Crippen LogP contribution in [0, 0.1) is 12.8 Å². The number of hydrogen-bond acceptors (Lipinski definition) is 4. The zero-order valence-electron chi connectivity index (χ0n) is 13.9. The van der Waals surface area contributed by atoms with Crippen LogP contribution in [0.3, 0.4) is 0 Å². The molecule has 7 heteroatoms. The molecule has 0 bridgehead atoms. The van der Waals surface area contributed by atoms with Crippen LogP contribution in [0.15, 0.2) is 40.8 Å². The van der Waals surface area contributed by atoms with Crippen LogP contribution >= 0.6 is 11.6 Å². The Morgan fingerprint density at radius 1 is 1.31 bits per heavy atom. The van der Waals surface area contributed by atoms with Crippen molar-refractivity contribution in [3.05, 3.63) is 47.0 Å². The zero-order chi connectivity index (χ0) is 18.4. The van der Waals surface area contributed by atoms with Crippen molar-refractivity contribution in [2.45, 2.75) is 13.3 Å². The van der Waals surface area contributed by atoms with Gasteiger partial charge in [-0.05, 0) is 36.8 Å². The molecule has 0 spiro atoms. The molecular formula is C19H15ClN2O4. The third-order valence-corrected chi connectivity index (χ3v) is 4.98. The number of fused-ring (bicyclic) bond motifs is 1. The van der Waals surface area contributed by atoms with Crippen LogP contribution in [0.1, 0.15) is 12.0 Å². The number of nitrogens with zero attached hydrogens (tertiary/aromatic N) is 2. The number of anilines is 1. The van der Waals surface area contributed by atoms with Gasteiger partial charge in [0, 0.05) is 35.3 Å². The number of oxazole rings is 1. The highest BCUT2D eigenvalue weighted by molar-refractivity contribution is 6.31. The van der Waals surface area contributed by atoms with E-state index >= 15 is 0 Å². The topological polar surface area (TPSA) is 83.6 Å². The SMILES string of the molecule is Cc1ccc(-c2nc3ccc(N4C[C@@H](C(=O)O)CC4=O)cc3o2)cc1Cl. The van der Waals surface area contributed by atoms with Crippen LogP contribution in [-0.4, -0.2) is 28.5 Å². The number of aliphatic carboxylic acids is 1. The van der Waals surface area contributed by atoms with Gasteiger partial charge in [-0.2, -0.15) is 0 Å². The molecule has 1 aliphatic heterocycles. The monoisotopic (exact) mass is 370 g/mol. The quantitative estimate of drug-likeness (QED) is 0.756. The number of amides is 1. The highest BCUT2D eigenvalue weighted by atomic mass is 35.5. The zero-order valence-corrected chi connectivity index (χ0v) is 14.7. The van der Waals surface area contributed by atoms with Crippen molar-refractivity contribution in [3.8, 4) is 11.5 Å². The molecule has 0 aliphatic carbocycles. The number of carbonyl (C=O) groups excluding carboxylic acids is 1. The van der Waals surface area contributed by atoms with E-state index in [2.05, 4.69) is 4.98 Å². The number of carboxylic acids is 1. The van der Waals surface area contributed by atoms with Gasteiger partial charge in [-0.1, -0.05) is 17.7 Å². The fourth-order valence-electron chi connectivity index (χ4n) is 3.05. The van der Waals surface area contributed by atoms with E-state index in [0.29, 0.717) is 27.7 Å². The van der Waals surface area contributed by atoms with Crippen molar-refractivity contribution in [2.24, 2.45) is 5.92 Å². The van der Waals surface area contributed by atoms with Gasteiger partial charge in [0.2, 0.25) is 11.8 Å². The van der Waals surface area contributed by atoms with E-state index in [1.807, 2.05) is 19.1 Å². The molecule has 2 aromatic carbocycles. The van der Waals surface area contributed by atoms with Crippen LogP contribution in [0.25, 0.3) is 22.6 Å². The lowest BCUT2D eigenvalue weighted by Crippen LogP contribution is -2.25. The van der Waals surface area contributed by atoms with Gasteiger partial charge < -0.3 is 14.4 Å². The van der Waals surface area contributed by atoms with Crippen LogP contribution in [0.2, 0.25) is 5.02 Å². The molecule has 0 radical (unpaired) electrons. The molecule has 1 amide bonds. The lowest BCUT2D eigenvalue weighted by atomic mass is 10.1. The lowest BCUT2D eigenvalue weighted by molar-refractivity contribution is -0.141. The molecule has 2 heterocycles. The maximum Gasteiger partial charge on any atom is 0.308 e. The standard InChI is InChI=1S/C19H15ClN2O4/c1-10-2-3-11(6-14(10)20)18-21-15-5-4-13(8-16(15)26-18)22-9-12(19(24)25)7-17(22)23/h2-6,8,12H,7,9H2,1H3,(H,24,25)/t12-/m0/s1. The molecule has 6 nitrogen and oxygen atoms in total. The summed E-state index contributed by atoms with van der Waals surface area (Å²) >= 11 is 6.17. The fourth-order valence-corrected chi connectivity index (χ4v) is 3.23. The number of carbonyl (C=O) groups is 2. The maximum atomic E-state index is 12.1. The minimum absolute atomic E-state index is 0.0108. The van der Waals surface area contributed by atoms with Crippen LogP contribution in [-0.2, 0) is 9.59 Å². The third-order valence-electron chi connectivity index (χ3n) is 4.58. The predicted molar refractivity (Wildman–Crippen MR) is 97.3 cm³/mol. The first-order chi connectivity index (χ1) is 12.4. The van der Waals surface area contributed by atoms with Gasteiger partial charge in [0.05, 0.1) is 5.92 Å². The second-order valence-electron chi connectivity index (χ2n) is 6.38. The van der Waals surface area contributed by atoms with Gasteiger partial charge in [0.15, 0.2) is 5.58 Å². The fraction of sp³-hybridized carbons (Fsp3) is 0.211. The Labute approximate surface area is 154 Å². The van der Waals surface area contributed by atoms with Crippen molar-refractivity contribution in [2.75, 3.05) is 11.4 Å². The molecule has 1 saturated heterocycles. The van der Waals surface area contributed by atoms with Crippen molar-refractivity contribution in [1.29, 1.82) is 0 Å². The van der Waals surface area contributed by atoms with Gasteiger partial charge >= 0.3 is 5.97 Å². The van der Waals surface area contributed by atoms with E-state index in [9.17, 15) is 9.59 Å². The van der Waals surface area contributed by atoms with Gasteiger partial charge in [0.25, 0.3) is 0 Å². The number of aromatic nitrogens is 1. The van der Waals surface area contributed by atoms with Crippen molar-refractivity contribution < 1.29 is 19.1 Å². The largest absolute Gasteiger partial charge is 0.481 e. The Bertz CT molecular complexity index is 1040. The smallest absolute Gasteiger partial charge is 0.308 e. The van der Waals surface area contributed by atoms with Gasteiger partial charge in [-0.3, -0.25) is 9.59 Å². The van der Waals surface area contributed by atoms with E-state index in [1.165, 1.54) is 4.90 Å². The summed E-state index contributed by atoms with van der Waals surface area (Å²) in [5.74, 6) is -1.41. The number of carboxylic acid groups (broad SMARTS) is 1. The third kappa shape index (κ3) is 2.82.